The van der Waals surface area contributed by atoms with E-state index in [0.717, 1.165) is 18.2 Å². The van der Waals surface area contributed by atoms with Crippen molar-refractivity contribution in [3.05, 3.63) is 63.7 Å². The highest BCUT2D eigenvalue weighted by Crippen LogP contribution is 2.35. The second-order valence-electron chi connectivity index (χ2n) is 6.98. The minimum atomic E-state index is -3.74. The van der Waals surface area contributed by atoms with Gasteiger partial charge in [0.25, 0.3) is 5.91 Å². The lowest BCUT2D eigenvalue weighted by atomic mass is 10.1. The van der Waals surface area contributed by atoms with Crippen LogP contribution in [-0.2, 0) is 16.3 Å². The number of aryl methyl sites for hydroxylation is 1. The first-order valence-corrected chi connectivity index (χ1v) is 11.2. The van der Waals surface area contributed by atoms with Gasteiger partial charge in [0, 0.05) is 38.0 Å². The smallest absolute Gasteiger partial charge is 0.311 e. The molecule has 0 unspecified atom stereocenters. The maximum atomic E-state index is 12.7. The first-order chi connectivity index (χ1) is 13.7. The van der Waals surface area contributed by atoms with Gasteiger partial charge in [0.15, 0.2) is 9.84 Å². The summed E-state index contributed by atoms with van der Waals surface area (Å²) in [7, 11) is -3.74. The van der Waals surface area contributed by atoms with Crippen molar-refractivity contribution in [3.63, 3.8) is 0 Å². The fourth-order valence-electron chi connectivity index (χ4n) is 3.46. The monoisotopic (exact) mass is 417 g/mol. The maximum absolute atomic E-state index is 12.7. The Balaban J connectivity index is 1.79. The predicted octanol–water partition coefficient (Wildman–Crippen LogP) is 2.52. The molecule has 0 spiro atoms. The van der Waals surface area contributed by atoms with Gasteiger partial charge in [-0.15, -0.1) is 0 Å². The Morgan fingerprint density at radius 1 is 1.07 bits per heavy atom. The average molecular weight is 417 g/mol. The summed E-state index contributed by atoms with van der Waals surface area (Å²) in [6, 6.07) is 11.8. The quantitative estimate of drug-likeness (QED) is 0.547. The molecule has 8 nitrogen and oxygen atoms in total. The average Bonchev–Trinajstić information content (AvgIpc) is 2.72. The molecule has 2 aromatic carbocycles. The topological polar surface area (TPSA) is 101 Å². The van der Waals surface area contributed by atoms with E-state index in [2.05, 4.69) is 0 Å². The summed E-state index contributed by atoms with van der Waals surface area (Å²) in [5.74, 6) is -0.0771. The largest absolute Gasteiger partial charge is 0.362 e. The van der Waals surface area contributed by atoms with Gasteiger partial charge in [0.2, 0.25) is 0 Å². The van der Waals surface area contributed by atoms with Crippen molar-refractivity contribution in [1.82, 2.24) is 4.90 Å². The molecular weight excluding hydrogens is 394 g/mol. The van der Waals surface area contributed by atoms with Crippen molar-refractivity contribution in [1.29, 1.82) is 0 Å². The molecule has 0 aromatic heterocycles. The lowest BCUT2D eigenvalue weighted by molar-refractivity contribution is -0.387. The Kier molecular flexibility index (Phi) is 5.88. The Morgan fingerprint density at radius 3 is 2.21 bits per heavy atom. The molecule has 3 rings (SSSR count). The highest BCUT2D eigenvalue weighted by atomic mass is 32.2. The minimum Gasteiger partial charge on any atom is -0.362 e. The van der Waals surface area contributed by atoms with Crippen LogP contribution in [0.25, 0.3) is 0 Å². The Bertz CT molecular complexity index is 1030. The molecule has 1 aliphatic heterocycles. The summed E-state index contributed by atoms with van der Waals surface area (Å²) >= 11 is 0. The van der Waals surface area contributed by atoms with Crippen molar-refractivity contribution in [2.24, 2.45) is 0 Å². The molecule has 1 saturated heterocycles. The van der Waals surface area contributed by atoms with E-state index in [0.29, 0.717) is 31.7 Å². The second kappa shape index (κ2) is 8.20. The third kappa shape index (κ3) is 4.40. The molecule has 0 bridgehead atoms. The number of sulfone groups is 1. The van der Waals surface area contributed by atoms with E-state index in [-0.39, 0.29) is 16.5 Å². The van der Waals surface area contributed by atoms with Gasteiger partial charge < -0.3 is 9.80 Å². The van der Waals surface area contributed by atoms with E-state index in [4.69, 9.17) is 0 Å². The van der Waals surface area contributed by atoms with E-state index < -0.39 is 20.4 Å². The fraction of sp³-hybridized carbons (Fsp3) is 0.350. The van der Waals surface area contributed by atoms with Crippen LogP contribution in [0, 0.1) is 10.1 Å². The molecule has 0 radical (unpaired) electrons. The normalized spacial score (nSPS) is 14.7. The van der Waals surface area contributed by atoms with Crippen LogP contribution in [0.2, 0.25) is 0 Å². The summed E-state index contributed by atoms with van der Waals surface area (Å²) in [4.78, 5) is 26.8. The van der Waals surface area contributed by atoms with E-state index in [1.807, 2.05) is 31.2 Å². The fourth-order valence-corrected chi connectivity index (χ4v) is 4.32. The molecule has 1 amide bonds. The number of nitrogens with zero attached hydrogens (tertiary/aromatic N) is 3. The van der Waals surface area contributed by atoms with Gasteiger partial charge in [-0.05, 0) is 36.2 Å². The number of carbonyl (C=O) groups excluding carboxylic acids is 1. The van der Waals surface area contributed by atoms with Crippen LogP contribution >= 0.6 is 0 Å². The van der Waals surface area contributed by atoms with Crippen LogP contribution in [0.5, 0.6) is 0 Å². The van der Waals surface area contributed by atoms with Crippen molar-refractivity contribution < 1.29 is 18.1 Å². The summed E-state index contributed by atoms with van der Waals surface area (Å²) in [6.07, 6.45) is 1.86. The first kappa shape index (κ1) is 20.8. The lowest BCUT2D eigenvalue weighted by Crippen LogP contribution is -2.49. The Hall–Kier alpha value is -2.94. The van der Waals surface area contributed by atoms with E-state index in [1.165, 1.54) is 12.1 Å². The molecule has 0 N–H and O–H groups in total. The van der Waals surface area contributed by atoms with Crippen molar-refractivity contribution in [2.45, 2.75) is 18.2 Å². The number of rotatable bonds is 5. The van der Waals surface area contributed by atoms with Gasteiger partial charge in [-0.3, -0.25) is 14.9 Å². The van der Waals surface area contributed by atoms with Crippen molar-refractivity contribution in [3.8, 4) is 0 Å². The maximum Gasteiger partial charge on any atom is 0.311 e. The standard InChI is InChI=1S/C20H23N3O5S/c1-3-15-7-9-16(10-8-15)20(24)22-13-11-21(12-14-22)17-5-4-6-18(29(2,27)28)19(17)23(25)26/h4-10H,3,11-14H2,1-2H3. The lowest BCUT2D eigenvalue weighted by Gasteiger charge is -2.36. The van der Waals surface area contributed by atoms with Gasteiger partial charge in [-0.1, -0.05) is 25.1 Å². The van der Waals surface area contributed by atoms with Gasteiger partial charge in [0.1, 0.15) is 10.6 Å². The molecule has 1 aliphatic rings. The summed E-state index contributed by atoms with van der Waals surface area (Å²) in [5.41, 5.74) is 1.62. The zero-order valence-electron chi connectivity index (χ0n) is 16.4. The number of anilines is 1. The highest BCUT2D eigenvalue weighted by Gasteiger charge is 2.31. The van der Waals surface area contributed by atoms with Crippen LogP contribution in [0.1, 0.15) is 22.8 Å². The van der Waals surface area contributed by atoms with Gasteiger partial charge in [0.05, 0.1) is 4.92 Å². The second-order valence-corrected chi connectivity index (χ2v) is 8.97. The van der Waals surface area contributed by atoms with Crippen LogP contribution < -0.4 is 4.90 Å². The number of nitro benzene ring substituents is 1. The zero-order chi connectivity index (χ0) is 21.2. The van der Waals surface area contributed by atoms with E-state index in [1.54, 1.807) is 15.9 Å². The molecule has 154 valence electrons. The third-order valence-electron chi connectivity index (χ3n) is 5.08. The number of hydrogen-bond acceptors (Lipinski definition) is 6. The molecule has 0 saturated carbocycles. The molecule has 2 aromatic rings. The number of carbonyl (C=O) groups is 1. The van der Waals surface area contributed by atoms with Gasteiger partial charge >= 0.3 is 5.69 Å². The summed E-state index contributed by atoms with van der Waals surface area (Å²) in [6.45, 7) is 3.61. The number of piperazine rings is 1. The molecule has 29 heavy (non-hydrogen) atoms. The van der Waals surface area contributed by atoms with Crippen LogP contribution in [-0.4, -0.2) is 56.6 Å². The van der Waals surface area contributed by atoms with E-state index >= 15 is 0 Å². The number of amides is 1. The molecule has 0 atom stereocenters. The van der Waals surface area contributed by atoms with Gasteiger partial charge in [-0.2, -0.15) is 0 Å². The first-order valence-electron chi connectivity index (χ1n) is 9.33. The number of hydrogen-bond donors (Lipinski definition) is 0. The summed E-state index contributed by atoms with van der Waals surface area (Å²) < 4.78 is 23.9. The number of para-hydroxylation sites is 1. The SMILES string of the molecule is CCc1ccc(C(=O)N2CCN(c3cccc(S(C)(=O)=O)c3[N+](=O)[O-])CC2)cc1. The van der Waals surface area contributed by atoms with Crippen LogP contribution in [0.15, 0.2) is 47.4 Å². The molecular formula is C20H23N3O5S. The molecule has 9 heteroatoms. The van der Waals surface area contributed by atoms with Crippen molar-refractivity contribution >= 4 is 27.1 Å². The van der Waals surface area contributed by atoms with Crippen LogP contribution in [0.3, 0.4) is 0 Å². The van der Waals surface area contributed by atoms with Crippen molar-refractivity contribution in [2.75, 3.05) is 37.3 Å². The van der Waals surface area contributed by atoms with Crippen LogP contribution in [0.4, 0.5) is 11.4 Å². The highest BCUT2D eigenvalue weighted by molar-refractivity contribution is 7.90. The third-order valence-corrected chi connectivity index (χ3v) is 6.20. The van der Waals surface area contributed by atoms with E-state index in [9.17, 15) is 23.3 Å². The minimum absolute atomic E-state index is 0.0771. The molecule has 1 fully saturated rings. The Labute approximate surface area is 169 Å². The summed E-state index contributed by atoms with van der Waals surface area (Å²) in [5, 5.41) is 11.6. The predicted molar refractivity (Wildman–Crippen MR) is 110 cm³/mol. The number of nitro groups is 1. The molecule has 1 heterocycles. The Morgan fingerprint density at radius 2 is 1.69 bits per heavy atom. The zero-order valence-corrected chi connectivity index (χ0v) is 17.2. The van der Waals surface area contributed by atoms with Gasteiger partial charge in [-0.25, -0.2) is 8.42 Å². The molecule has 0 aliphatic carbocycles. The number of benzene rings is 2.